The van der Waals surface area contributed by atoms with Crippen molar-refractivity contribution >= 4 is 0 Å². The van der Waals surface area contributed by atoms with E-state index in [1.54, 1.807) is 0 Å². The first kappa shape index (κ1) is 8.55. The molecule has 1 heteroatoms. The SMILES string of the molecule is CCCCC1CCN2CCCC12. The largest absolute Gasteiger partial charge is 0.300 e. The van der Waals surface area contributed by atoms with Crippen LogP contribution in [0.25, 0.3) is 0 Å². The molecule has 0 aromatic carbocycles. The molecule has 2 saturated heterocycles. The van der Waals surface area contributed by atoms with Crippen LogP contribution in [-0.4, -0.2) is 24.0 Å². The van der Waals surface area contributed by atoms with E-state index in [2.05, 4.69) is 11.8 Å². The summed E-state index contributed by atoms with van der Waals surface area (Å²) in [5.41, 5.74) is 0. The molecule has 1 nitrogen and oxygen atoms in total. The molecule has 70 valence electrons. The number of fused-ring (bicyclic) bond motifs is 1. The van der Waals surface area contributed by atoms with Crippen LogP contribution in [0.3, 0.4) is 0 Å². The molecule has 2 aliphatic heterocycles. The molecule has 2 rings (SSSR count). The summed E-state index contributed by atoms with van der Waals surface area (Å²) in [7, 11) is 0. The minimum absolute atomic E-state index is 0.997. The molecule has 0 aromatic rings. The van der Waals surface area contributed by atoms with Crippen LogP contribution in [-0.2, 0) is 0 Å². The van der Waals surface area contributed by atoms with E-state index < -0.39 is 0 Å². The van der Waals surface area contributed by atoms with Crippen molar-refractivity contribution in [2.45, 2.75) is 51.5 Å². The molecule has 0 N–H and O–H groups in total. The number of nitrogens with zero attached hydrogens (tertiary/aromatic N) is 1. The van der Waals surface area contributed by atoms with E-state index >= 15 is 0 Å². The second kappa shape index (κ2) is 3.78. The van der Waals surface area contributed by atoms with E-state index in [0.29, 0.717) is 0 Å². The van der Waals surface area contributed by atoms with Gasteiger partial charge in [0, 0.05) is 6.04 Å². The van der Waals surface area contributed by atoms with Crippen LogP contribution in [0, 0.1) is 5.92 Å². The maximum atomic E-state index is 2.72. The summed E-state index contributed by atoms with van der Waals surface area (Å²) < 4.78 is 0. The zero-order valence-corrected chi connectivity index (χ0v) is 8.26. The normalized spacial score (nSPS) is 35.8. The minimum atomic E-state index is 0.997. The molecule has 2 atom stereocenters. The van der Waals surface area contributed by atoms with Gasteiger partial charge in [0.25, 0.3) is 0 Å². The molecule has 2 heterocycles. The van der Waals surface area contributed by atoms with Crippen molar-refractivity contribution in [1.82, 2.24) is 4.90 Å². The summed E-state index contributed by atoms with van der Waals surface area (Å²) in [4.78, 5) is 2.72. The Balaban J connectivity index is 1.83. The van der Waals surface area contributed by atoms with Crippen molar-refractivity contribution in [3.8, 4) is 0 Å². The molecule has 0 saturated carbocycles. The summed E-state index contributed by atoms with van der Waals surface area (Å²) in [6, 6.07) is 0.997. The predicted molar refractivity (Wildman–Crippen MR) is 52.2 cm³/mol. The molecule has 2 aliphatic rings. The molecule has 2 unspecified atom stereocenters. The van der Waals surface area contributed by atoms with E-state index in [4.69, 9.17) is 0 Å². The molecule has 0 bridgehead atoms. The highest BCUT2D eigenvalue weighted by atomic mass is 15.2. The molecule has 0 aromatic heterocycles. The maximum Gasteiger partial charge on any atom is 0.0124 e. The van der Waals surface area contributed by atoms with Gasteiger partial charge in [0.15, 0.2) is 0 Å². The van der Waals surface area contributed by atoms with Crippen LogP contribution in [0.4, 0.5) is 0 Å². The Labute approximate surface area is 76.1 Å². The lowest BCUT2D eigenvalue weighted by Gasteiger charge is -2.19. The Morgan fingerprint density at radius 2 is 2.17 bits per heavy atom. The number of rotatable bonds is 3. The van der Waals surface area contributed by atoms with Gasteiger partial charge in [-0.15, -0.1) is 0 Å². The number of hydrogen-bond donors (Lipinski definition) is 0. The summed E-state index contributed by atoms with van der Waals surface area (Å²) in [5.74, 6) is 1.06. The van der Waals surface area contributed by atoms with Gasteiger partial charge in [0.2, 0.25) is 0 Å². The molecule has 12 heavy (non-hydrogen) atoms. The highest BCUT2D eigenvalue weighted by Crippen LogP contribution is 2.35. The summed E-state index contributed by atoms with van der Waals surface area (Å²) in [6.07, 6.45) is 8.78. The van der Waals surface area contributed by atoms with Gasteiger partial charge in [-0.3, -0.25) is 0 Å². The molecule has 2 fully saturated rings. The smallest absolute Gasteiger partial charge is 0.0124 e. The highest BCUT2D eigenvalue weighted by molar-refractivity contribution is 4.90. The van der Waals surface area contributed by atoms with E-state index in [-0.39, 0.29) is 0 Å². The van der Waals surface area contributed by atoms with Crippen LogP contribution in [0.2, 0.25) is 0 Å². The lowest BCUT2D eigenvalue weighted by molar-refractivity contribution is 0.281. The van der Waals surface area contributed by atoms with E-state index in [1.165, 1.54) is 51.6 Å². The van der Waals surface area contributed by atoms with Gasteiger partial charge in [-0.25, -0.2) is 0 Å². The Morgan fingerprint density at radius 1 is 1.25 bits per heavy atom. The van der Waals surface area contributed by atoms with Crippen molar-refractivity contribution in [3.63, 3.8) is 0 Å². The van der Waals surface area contributed by atoms with Gasteiger partial charge in [-0.2, -0.15) is 0 Å². The molecule has 0 radical (unpaired) electrons. The Kier molecular flexibility index (Phi) is 2.69. The third-order valence-electron chi connectivity index (χ3n) is 3.67. The van der Waals surface area contributed by atoms with Gasteiger partial charge in [0.05, 0.1) is 0 Å². The van der Waals surface area contributed by atoms with Gasteiger partial charge < -0.3 is 4.90 Å². The topological polar surface area (TPSA) is 3.24 Å². The fourth-order valence-electron chi connectivity index (χ4n) is 2.99. The molecule has 0 amide bonds. The monoisotopic (exact) mass is 167 g/mol. The molecular weight excluding hydrogens is 146 g/mol. The maximum absolute atomic E-state index is 2.72. The fraction of sp³-hybridized carbons (Fsp3) is 1.00. The van der Waals surface area contributed by atoms with Crippen LogP contribution >= 0.6 is 0 Å². The third-order valence-corrected chi connectivity index (χ3v) is 3.67. The van der Waals surface area contributed by atoms with Crippen molar-refractivity contribution in [3.05, 3.63) is 0 Å². The average molecular weight is 167 g/mol. The lowest BCUT2D eigenvalue weighted by atomic mass is 9.93. The van der Waals surface area contributed by atoms with E-state index in [9.17, 15) is 0 Å². The zero-order chi connectivity index (χ0) is 8.39. The third kappa shape index (κ3) is 1.52. The van der Waals surface area contributed by atoms with Gasteiger partial charge in [0.1, 0.15) is 0 Å². The quantitative estimate of drug-likeness (QED) is 0.624. The Morgan fingerprint density at radius 3 is 3.00 bits per heavy atom. The first-order valence-corrected chi connectivity index (χ1v) is 5.66. The summed E-state index contributed by atoms with van der Waals surface area (Å²) >= 11 is 0. The highest BCUT2D eigenvalue weighted by Gasteiger charge is 2.36. The molecular formula is C11H21N. The Bertz CT molecular complexity index is 144. The van der Waals surface area contributed by atoms with E-state index in [1.807, 2.05) is 0 Å². The van der Waals surface area contributed by atoms with E-state index in [0.717, 1.165) is 12.0 Å². The van der Waals surface area contributed by atoms with Crippen LogP contribution in [0.1, 0.15) is 45.4 Å². The van der Waals surface area contributed by atoms with Gasteiger partial charge in [-0.05, 0) is 44.7 Å². The summed E-state index contributed by atoms with van der Waals surface area (Å²) in [5, 5.41) is 0. The second-order valence-electron chi connectivity index (χ2n) is 4.44. The second-order valence-corrected chi connectivity index (χ2v) is 4.44. The van der Waals surface area contributed by atoms with Crippen LogP contribution in [0.5, 0.6) is 0 Å². The standard InChI is InChI=1S/C11H21N/c1-2-3-5-10-7-9-12-8-4-6-11(10)12/h10-11H,2-9H2,1H3. The first-order valence-electron chi connectivity index (χ1n) is 5.66. The summed E-state index contributed by atoms with van der Waals surface area (Å²) in [6.45, 7) is 5.10. The van der Waals surface area contributed by atoms with Crippen molar-refractivity contribution in [2.75, 3.05) is 13.1 Å². The van der Waals surface area contributed by atoms with Crippen LogP contribution < -0.4 is 0 Å². The lowest BCUT2D eigenvalue weighted by Crippen LogP contribution is -2.25. The minimum Gasteiger partial charge on any atom is -0.300 e. The molecule has 0 spiro atoms. The van der Waals surface area contributed by atoms with Crippen LogP contribution in [0.15, 0.2) is 0 Å². The fourth-order valence-corrected chi connectivity index (χ4v) is 2.99. The van der Waals surface area contributed by atoms with Gasteiger partial charge >= 0.3 is 0 Å². The molecule has 0 aliphatic carbocycles. The van der Waals surface area contributed by atoms with Gasteiger partial charge in [-0.1, -0.05) is 19.8 Å². The first-order chi connectivity index (χ1) is 5.92. The Hall–Kier alpha value is -0.0400. The zero-order valence-electron chi connectivity index (χ0n) is 8.26. The number of unbranched alkanes of at least 4 members (excludes halogenated alkanes) is 1. The van der Waals surface area contributed by atoms with Crippen molar-refractivity contribution in [1.29, 1.82) is 0 Å². The van der Waals surface area contributed by atoms with Crippen molar-refractivity contribution in [2.24, 2.45) is 5.92 Å². The number of hydrogen-bond acceptors (Lipinski definition) is 1. The van der Waals surface area contributed by atoms with Crippen molar-refractivity contribution < 1.29 is 0 Å². The predicted octanol–water partition coefficient (Wildman–Crippen LogP) is 2.66. The average Bonchev–Trinajstić information content (AvgIpc) is 2.62.